The summed E-state index contributed by atoms with van der Waals surface area (Å²) in [5.41, 5.74) is 4.40. The Morgan fingerprint density at radius 1 is 1.19 bits per heavy atom. The van der Waals surface area contributed by atoms with Crippen molar-refractivity contribution in [2.75, 3.05) is 18.1 Å². The second-order valence-corrected chi connectivity index (χ2v) is 8.51. The lowest BCUT2D eigenvalue weighted by Gasteiger charge is -2.37. The first-order chi connectivity index (χ1) is 10.2. The Morgan fingerprint density at radius 3 is 2.67 bits per heavy atom. The Bertz CT molecular complexity index is 447. The maximum Gasteiger partial charge on any atom is 0.0454 e. The summed E-state index contributed by atoms with van der Waals surface area (Å²) in [5.74, 6) is 2.61. The maximum atomic E-state index is 3.85. The summed E-state index contributed by atoms with van der Waals surface area (Å²) in [6, 6.07) is 7.28. The van der Waals surface area contributed by atoms with E-state index >= 15 is 0 Å². The molecule has 3 unspecified atom stereocenters. The molecule has 1 aliphatic heterocycles. The van der Waals surface area contributed by atoms with Gasteiger partial charge in [0.2, 0.25) is 0 Å². The SMILES string of the molecule is CCCNC(c1cccc(C)c1C)C1SCCSC1CC. The molecule has 1 heterocycles. The smallest absolute Gasteiger partial charge is 0.0454 e. The van der Waals surface area contributed by atoms with Crippen LogP contribution in [0.5, 0.6) is 0 Å². The first-order valence-corrected chi connectivity index (χ1v) is 10.3. The lowest BCUT2D eigenvalue weighted by Crippen LogP contribution is -2.39. The fourth-order valence-corrected chi connectivity index (χ4v) is 6.30. The lowest BCUT2D eigenvalue weighted by atomic mass is 9.93. The largest absolute Gasteiger partial charge is 0.309 e. The van der Waals surface area contributed by atoms with E-state index in [0.29, 0.717) is 11.3 Å². The molecular formula is C18H29NS2. The molecular weight excluding hydrogens is 294 g/mol. The summed E-state index contributed by atoms with van der Waals surface area (Å²) < 4.78 is 0. The van der Waals surface area contributed by atoms with Crippen molar-refractivity contribution in [3.05, 3.63) is 34.9 Å². The highest BCUT2D eigenvalue weighted by atomic mass is 32.2. The van der Waals surface area contributed by atoms with Crippen molar-refractivity contribution in [1.82, 2.24) is 5.32 Å². The monoisotopic (exact) mass is 323 g/mol. The fourth-order valence-electron chi connectivity index (χ4n) is 3.06. The third-order valence-electron chi connectivity index (χ3n) is 4.42. The molecule has 1 aliphatic rings. The number of rotatable bonds is 6. The van der Waals surface area contributed by atoms with Crippen LogP contribution < -0.4 is 5.32 Å². The number of nitrogens with one attached hydrogen (secondary N) is 1. The molecule has 0 saturated carbocycles. The van der Waals surface area contributed by atoms with E-state index in [1.54, 1.807) is 0 Å². The Morgan fingerprint density at radius 2 is 1.95 bits per heavy atom. The number of hydrogen-bond donors (Lipinski definition) is 1. The van der Waals surface area contributed by atoms with Crippen molar-refractivity contribution in [2.24, 2.45) is 0 Å². The van der Waals surface area contributed by atoms with E-state index < -0.39 is 0 Å². The first kappa shape index (κ1) is 17.2. The Hall–Kier alpha value is -0.120. The summed E-state index contributed by atoms with van der Waals surface area (Å²) in [6.45, 7) is 10.2. The standard InChI is InChI=1S/C18H29NS2/c1-5-10-19-17(15-9-7-8-13(3)14(15)4)18-16(6-2)20-11-12-21-18/h7-9,16-19H,5-6,10-12H2,1-4H3. The van der Waals surface area contributed by atoms with Crippen molar-refractivity contribution in [3.8, 4) is 0 Å². The van der Waals surface area contributed by atoms with Crippen molar-refractivity contribution in [2.45, 2.75) is 57.1 Å². The van der Waals surface area contributed by atoms with Gasteiger partial charge in [0.1, 0.15) is 0 Å². The molecule has 0 radical (unpaired) electrons. The predicted molar refractivity (Wildman–Crippen MR) is 99.7 cm³/mol. The number of aryl methyl sites for hydroxylation is 1. The fraction of sp³-hybridized carbons (Fsp3) is 0.667. The van der Waals surface area contributed by atoms with Gasteiger partial charge in [0.15, 0.2) is 0 Å². The third-order valence-corrected chi connectivity index (χ3v) is 7.77. The lowest BCUT2D eigenvalue weighted by molar-refractivity contribution is 0.496. The molecule has 1 aromatic carbocycles. The zero-order valence-corrected chi connectivity index (χ0v) is 15.4. The van der Waals surface area contributed by atoms with Crippen molar-refractivity contribution < 1.29 is 0 Å². The molecule has 1 aromatic rings. The average molecular weight is 324 g/mol. The van der Waals surface area contributed by atoms with Gasteiger partial charge >= 0.3 is 0 Å². The van der Waals surface area contributed by atoms with Crippen LogP contribution in [0.3, 0.4) is 0 Å². The quantitative estimate of drug-likeness (QED) is 0.793. The van der Waals surface area contributed by atoms with Crippen LogP contribution in [0.15, 0.2) is 18.2 Å². The van der Waals surface area contributed by atoms with Crippen LogP contribution in [-0.2, 0) is 0 Å². The van der Waals surface area contributed by atoms with Gasteiger partial charge in [-0.1, -0.05) is 32.0 Å². The van der Waals surface area contributed by atoms with Crippen LogP contribution >= 0.6 is 23.5 Å². The molecule has 1 nitrogen and oxygen atoms in total. The second-order valence-electron chi connectivity index (χ2n) is 5.87. The minimum atomic E-state index is 0.493. The molecule has 0 spiro atoms. The average Bonchev–Trinajstić information content (AvgIpc) is 2.52. The second kappa shape index (κ2) is 8.50. The summed E-state index contributed by atoms with van der Waals surface area (Å²) in [7, 11) is 0. The minimum absolute atomic E-state index is 0.493. The molecule has 0 amide bonds. The van der Waals surface area contributed by atoms with Crippen LogP contribution in [0.4, 0.5) is 0 Å². The summed E-state index contributed by atoms with van der Waals surface area (Å²) in [5, 5.41) is 5.32. The van der Waals surface area contributed by atoms with Gasteiger partial charge in [-0.05, 0) is 49.9 Å². The summed E-state index contributed by atoms with van der Waals surface area (Å²) >= 11 is 4.36. The highest BCUT2D eigenvalue weighted by Crippen LogP contribution is 2.41. The molecule has 3 heteroatoms. The molecule has 1 saturated heterocycles. The Kier molecular flexibility index (Phi) is 6.97. The van der Waals surface area contributed by atoms with Gasteiger partial charge in [0, 0.05) is 28.0 Å². The summed E-state index contributed by atoms with van der Waals surface area (Å²) in [6.07, 6.45) is 2.47. The topological polar surface area (TPSA) is 12.0 Å². The molecule has 3 atom stereocenters. The molecule has 0 bridgehead atoms. The van der Waals surface area contributed by atoms with Crippen molar-refractivity contribution in [1.29, 1.82) is 0 Å². The van der Waals surface area contributed by atoms with Gasteiger partial charge < -0.3 is 5.32 Å². The van der Waals surface area contributed by atoms with Crippen molar-refractivity contribution in [3.63, 3.8) is 0 Å². The zero-order chi connectivity index (χ0) is 15.2. The molecule has 0 aliphatic carbocycles. The van der Waals surface area contributed by atoms with E-state index in [-0.39, 0.29) is 0 Å². The minimum Gasteiger partial charge on any atom is -0.309 e. The molecule has 0 aromatic heterocycles. The van der Waals surface area contributed by atoms with E-state index in [1.807, 2.05) is 0 Å². The van der Waals surface area contributed by atoms with Gasteiger partial charge in [0.25, 0.3) is 0 Å². The van der Waals surface area contributed by atoms with Crippen LogP contribution in [0.1, 0.15) is 49.4 Å². The van der Waals surface area contributed by atoms with Gasteiger partial charge in [-0.2, -0.15) is 23.5 Å². The maximum absolute atomic E-state index is 3.85. The van der Waals surface area contributed by atoms with E-state index in [9.17, 15) is 0 Å². The number of benzene rings is 1. The van der Waals surface area contributed by atoms with E-state index in [0.717, 1.165) is 11.8 Å². The van der Waals surface area contributed by atoms with E-state index in [2.05, 4.69) is 74.7 Å². The van der Waals surface area contributed by atoms with Gasteiger partial charge in [-0.25, -0.2) is 0 Å². The summed E-state index contributed by atoms with van der Waals surface area (Å²) in [4.78, 5) is 0. The third kappa shape index (κ3) is 4.20. The first-order valence-electron chi connectivity index (χ1n) is 8.21. The van der Waals surface area contributed by atoms with Crippen LogP contribution in [0, 0.1) is 13.8 Å². The van der Waals surface area contributed by atoms with Gasteiger partial charge in [0.05, 0.1) is 0 Å². The normalized spacial score (nSPS) is 24.0. The van der Waals surface area contributed by atoms with Crippen LogP contribution in [0.25, 0.3) is 0 Å². The highest BCUT2D eigenvalue weighted by Gasteiger charge is 2.33. The van der Waals surface area contributed by atoms with E-state index in [4.69, 9.17) is 0 Å². The van der Waals surface area contributed by atoms with Gasteiger partial charge in [-0.15, -0.1) is 0 Å². The molecule has 2 rings (SSSR count). The number of thioether (sulfide) groups is 2. The zero-order valence-electron chi connectivity index (χ0n) is 13.8. The molecule has 118 valence electrons. The highest BCUT2D eigenvalue weighted by molar-refractivity contribution is 8.07. The van der Waals surface area contributed by atoms with E-state index in [1.165, 1.54) is 41.0 Å². The molecule has 1 N–H and O–H groups in total. The van der Waals surface area contributed by atoms with Crippen LogP contribution in [-0.4, -0.2) is 28.6 Å². The predicted octanol–water partition coefficient (Wildman–Crippen LogP) is 4.97. The van der Waals surface area contributed by atoms with Crippen LogP contribution in [0.2, 0.25) is 0 Å². The van der Waals surface area contributed by atoms with Gasteiger partial charge in [-0.3, -0.25) is 0 Å². The molecule has 1 fully saturated rings. The Balaban J connectivity index is 2.30. The molecule has 21 heavy (non-hydrogen) atoms. The van der Waals surface area contributed by atoms with Crippen molar-refractivity contribution >= 4 is 23.5 Å². The number of hydrogen-bond acceptors (Lipinski definition) is 3. The Labute approximate surface area is 139 Å².